The third-order valence-corrected chi connectivity index (χ3v) is 5.02. The van der Waals surface area contributed by atoms with Crippen molar-refractivity contribution in [1.29, 1.82) is 0 Å². The normalized spacial score (nSPS) is 12.0. The van der Waals surface area contributed by atoms with Crippen LogP contribution in [0.2, 0.25) is 0 Å². The Morgan fingerprint density at radius 3 is 2.30 bits per heavy atom. The molecule has 1 aromatic heterocycles. The van der Waals surface area contributed by atoms with Crippen LogP contribution >= 0.6 is 0 Å². The van der Waals surface area contributed by atoms with Crippen molar-refractivity contribution in [3.05, 3.63) is 64.6 Å². The molecule has 7 heteroatoms. The number of amides is 2. The Morgan fingerprint density at radius 2 is 1.67 bits per heavy atom. The third kappa shape index (κ3) is 4.79. The molecule has 1 heterocycles. The lowest BCUT2D eigenvalue weighted by atomic mass is 10.1. The predicted molar refractivity (Wildman–Crippen MR) is 118 cm³/mol. The minimum Gasteiger partial charge on any atom is -0.350 e. The number of nitrogens with one attached hydrogen (secondary N) is 2. The summed E-state index contributed by atoms with van der Waals surface area (Å²) in [5, 5.41) is 5.72. The first kappa shape index (κ1) is 21.4. The van der Waals surface area contributed by atoms with E-state index in [1.165, 1.54) is 6.92 Å². The first-order chi connectivity index (χ1) is 14.4. The number of rotatable bonds is 8. The van der Waals surface area contributed by atoms with Gasteiger partial charge in [0.05, 0.1) is 17.1 Å². The zero-order valence-electron chi connectivity index (χ0n) is 17.6. The van der Waals surface area contributed by atoms with Crippen molar-refractivity contribution in [2.24, 2.45) is 0 Å². The van der Waals surface area contributed by atoms with Crippen LogP contribution in [0.5, 0.6) is 0 Å². The van der Waals surface area contributed by atoms with Crippen LogP contribution in [0.15, 0.2) is 53.3 Å². The van der Waals surface area contributed by atoms with Crippen LogP contribution in [-0.4, -0.2) is 20.9 Å². The molecule has 3 aromatic rings. The quantitative estimate of drug-likeness (QED) is 0.599. The highest BCUT2D eigenvalue weighted by Gasteiger charge is 2.15. The number of hydrogen-bond acceptors (Lipinski definition) is 3. The van der Waals surface area contributed by atoms with Crippen molar-refractivity contribution in [2.75, 3.05) is 5.32 Å². The van der Waals surface area contributed by atoms with Gasteiger partial charge in [0.2, 0.25) is 11.8 Å². The van der Waals surface area contributed by atoms with E-state index in [0.717, 1.165) is 23.0 Å². The van der Waals surface area contributed by atoms with Crippen LogP contribution in [0.4, 0.5) is 5.69 Å². The molecular weight excluding hydrogens is 380 g/mol. The van der Waals surface area contributed by atoms with E-state index in [9.17, 15) is 14.4 Å². The molecule has 2 amide bonds. The number of benzene rings is 2. The van der Waals surface area contributed by atoms with E-state index in [2.05, 4.69) is 10.6 Å². The van der Waals surface area contributed by atoms with Gasteiger partial charge in [0.15, 0.2) is 0 Å². The SMILES string of the molecule is CCCn1c(=O)n(CCC(=O)NC(C)c2cccc(NC(C)=O)c2)c2ccccc21. The second-order valence-electron chi connectivity index (χ2n) is 7.42. The van der Waals surface area contributed by atoms with Gasteiger partial charge in [0, 0.05) is 32.1 Å². The van der Waals surface area contributed by atoms with Gasteiger partial charge >= 0.3 is 5.69 Å². The maximum Gasteiger partial charge on any atom is 0.329 e. The molecule has 1 unspecified atom stereocenters. The van der Waals surface area contributed by atoms with Gasteiger partial charge in [-0.15, -0.1) is 0 Å². The highest BCUT2D eigenvalue weighted by molar-refractivity contribution is 5.88. The number of aryl methyl sites for hydroxylation is 2. The fourth-order valence-electron chi connectivity index (χ4n) is 3.63. The van der Waals surface area contributed by atoms with Gasteiger partial charge in [-0.1, -0.05) is 31.2 Å². The van der Waals surface area contributed by atoms with Gasteiger partial charge in [0.25, 0.3) is 0 Å². The standard InChI is InChI=1S/C23H28N4O3/c1-4-13-26-20-10-5-6-11-21(20)27(23(26)30)14-12-22(29)24-16(2)18-8-7-9-19(15-18)25-17(3)28/h5-11,15-16H,4,12-14H2,1-3H3,(H,24,29)(H,25,28). The Balaban J connectivity index is 1.69. The first-order valence-electron chi connectivity index (χ1n) is 10.3. The summed E-state index contributed by atoms with van der Waals surface area (Å²) < 4.78 is 3.44. The number of nitrogens with zero attached hydrogens (tertiary/aromatic N) is 2. The Hall–Kier alpha value is -3.35. The van der Waals surface area contributed by atoms with E-state index in [0.29, 0.717) is 18.8 Å². The van der Waals surface area contributed by atoms with E-state index < -0.39 is 0 Å². The Labute approximate surface area is 175 Å². The highest BCUT2D eigenvalue weighted by Crippen LogP contribution is 2.18. The van der Waals surface area contributed by atoms with Crippen LogP contribution in [0, 0.1) is 0 Å². The maximum absolute atomic E-state index is 12.8. The molecule has 0 saturated heterocycles. The number of carbonyl (C=O) groups excluding carboxylic acids is 2. The summed E-state index contributed by atoms with van der Waals surface area (Å²) in [6.07, 6.45) is 1.07. The van der Waals surface area contributed by atoms with Crippen LogP contribution in [0.25, 0.3) is 11.0 Å². The number of aromatic nitrogens is 2. The van der Waals surface area contributed by atoms with Crippen LogP contribution < -0.4 is 16.3 Å². The summed E-state index contributed by atoms with van der Waals surface area (Å²) >= 11 is 0. The Morgan fingerprint density at radius 1 is 1.00 bits per heavy atom. The molecule has 0 aliphatic carbocycles. The van der Waals surface area contributed by atoms with Gasteiger partial charge in [-0.2, -0.15) is 0 Å². The lowest BCUT2D eigenvalue weighted by Crippen LogP contribution is -2.30. The molecule has 0 radical (unpaired) electrons. The molecule has 2 N–H and O–H groups in total. The van der Waals surface area contributed by atoms with Crippen molar-refractivity contribution in [3.63, 3.8) is 0 Å². The van der Waals surface area contributed by atoms with Crippen molar-refractivity contribution in [3.8, 4) is 0 Å². The molecule has 0 saturated carbocycles. The predicted octanol–water partition coefficient (Wildman–Crippen LogP) is 3.44. The second kappa shape index (κ2) is 9.43. The molecule has 0 fully saturated rings. The molecule has 30 heavy (non-hydrogen) atoms. The fraction of sp³-hybridized carbons (Fsp3) is 0.348. The topological polar surface area (TPSA) is 85.1 Å². The number of hydrogen-bond donors (Lipinski definition) is 2. The summed E-state index contributed by atoms with van der Waals surface area (Å²) in [6, 6.07) is 14.8. The van der Waals surface area contributed by atoms with E-state index in [-0.39, 0.29) is 30.0 Å². The second-order valence-corrected chi connectivity index (χ2v) is 7.42. The van der Waals surface area contributed by atoms with E-state index in [1.807, 2.05) is 56.3 Å². The molecule has 0 aliphatic heterocycles. The summed E-state index contributed by atoms with van der Waals surface area (Å²) in [7, 11) is 0. The van der Waals surface area contributed by atoms with Crippen LogP contribution in [0.3, 0.4) is 0 Å². The van der Waals surface area contributed by atoms with Crippen molar-refractivity contribution in [2.45, 2.75) is 52.7 Å². The Kier molecular flexibility index (Phi) is 6.72. The maximum atomic E-state index is 12.8. The summed E-state index contributed by atoms with van der Waals surface area (Å²) in [4.78, 5) is 36.6. The summed E-state index contributed by atoms with van der Waals surface area (Å²) in [6.45, 7) is 6.36. The third-order valence-electron chi connectivity index (χ3n) is 5.02. The number of para-hydroxylation sites is 2. The number of fused-ring (bicyclic) bond motifs is 1. The van der Waals surface area contributed by atoms with E-state index >= 15 is 0 Å². The highest BCUT2D eigenvalue weighted by atomic mass is 16.2. The summed E-state index contributed by atoms with van der Waals surface area (Å²) in [5.74, 6) is -0.275. The lowest BCUT2D eigenvalue weighted by Gasteiger charge is -2.15. The number of imidazole rings is 1. The number of anilines is 1. The van der Waals surface area contributed by atoms with Crippen molar-refractivity contribution < 1.29 is 9.59 Å². The van der Waals surface area contributed by atoms with Gasteiger partial charge in [-0.25, -0.2) is 4.79 Å². The molecule has 1 atom stereocenters. The summed E-state index contributed by atoms with van der Waals surface area (Å²) in [5.41, 5.74) is 3.25. The van der Waals surface area contributed by atoms with E-state index in [1.54, 1.807) is 15.2 Å². The van der Waals surface area contributed by atoms with Gasteiger partial charge in [-0.05, 0) is 43.2 Å². The average Bonchev–Trinajstić information content (AvgIpc) is 2.98. The molecule has 3 rings (SSSR count). The average molecular weight is 409 g/mol. The van der Waals surface area contributed by atoms with Crippen molar-refractivity contribution >= 4 is 28.5 Å². The van der Waals surface area contributed by atoms with Crippen LogP contribution in [-0.2, 0) is 22.7 Å². The Bertz CT molecular complexity index is 1110. The van der Waals surface area contributed by atoms with Gasteiger partial charge in [-0.3, -0.25) is 18.7 Å². The molecule has 0 bridgehead atoms. The number of carbonyl (C=O) groups is 2. The first-order valence-corrected chi connectivity index (χ1v) is 10.3. The molecule has 0 spiro atoms. The minimum atomic E-state index is -0.218. The zero-order chi connectivity index (χ0) is 21.7. The monoisotopic (exact) mass is 408 g/mol. The largest absolute Gasteiger partial charge is 0.350 e. The van der Waals surface area contributed by atoms with Gasteiger partial charge < -0.3 is 10.6 Å². The molecule has 2 aromatic carbocycles. The molecule has 0 aliphatic rings. The van der Waals surface area contributed by atoms with Crippen molar-refractivity contribution in [1.82, 2.24) is 14.5 Å². The molecule has 7 nitrogen and oxygen atoms in total. The zero-order valence-corrected chi connectivity index (χ0v) is 17.6. The smallest absolute Gasteiger partial charge is 0.329 e. The fourth-order valence-corrected chi connectivity index (χ4v) is 3.63. The minimum absolute atomic E-state index is 0.0816. The molecule has 158 valence electrons. The van der Waals surface area contributed by atoms with E-state index in [4.69, 9.17) is 0 Å². The van der Waals surface area contributed by atoms with Gasteiger partial charge in [0.1, 0.15) is 0 Å². The van der Waals surface area contributed by atoms with Crippen LogP contribution in [0.1, 0.15) is 45.2 Å². The molecular formula is C23H28N4O3. The lowest BCUT2D eigenvalue weighted by molar-refractivity contribution is -0.122.